The monoisotopic (exact) mass is 321 g/mol. The molecule has 1 fully saturated rings. The fourth-order valence-corrected chi connectivity index (χ4v) is 2.80. The number of anilines is 2. The van der Waals surface area contributed by atoms with Gasteiger partial charge in [-0.3, -0.25) is 0 Å². The second-order valence-electron chi connectivity index (χ2n) is 5.67. The number of alkyl halides is 3. The van der Waals surface area contributed by atoms with E-state index in [1.54, 1.807) is 18.3 Å². The van der Waals surface area contributed by atoms with Crippen LogP contribution < -0.4 is 10.2 Å². The van der Waals surface area contributed by atoms with Crippen LogP contribution in [0, 0.1) is 0 Å². The summed E-state index contributed by atoms with van der Waals surface area (Å²) in [5, 5.41) is 3.40. The molecule has 23 heavy (non-hydrogen) atoms. The first-order chi connectivity index (χ1) is 11.0. The van der Waals surface area contributed by atoms with Crippen LogP contribution >= 0.6 is 0 Å². The Morgan fingerprint density at radius 1 is 1.00 bits per heavy atom. The molecule has 122 valence electrons. The normalized spacial score (nSPS) is 16.4. The molecule has 0 bridgehead atoms. The number of hydrogen-bond donors (Lipinski definition) is 1. The first-order valence-corrected chi connectivity index (χ1v) is 7.62. The number of rotatable bonds is 3. The first-order valence-electron chi connectivity index (χ1n) is 7.62. The van der Waals surface area contributed by atoms with E-state index < -0.39 is 11.7 Å². The number of nitrogens with one attached hydrogen (secondary N) is 1. The standard InChI is InChI=1S/C17H18F3N3/c18-17(19,20)13-4-6-15(7-5-13)23-11-8-14(9-12-23)22-16-3-1-2-10-21-16/h1-7,10,14H,8-9,11-12H2,(H,21,22). The van der Waals surface area contributed by atoms with Crippen LogP contribution in [0.25, 0.3) is 0 Å². The first kappa shape index (κ1) is 15.6. The van der Waals surface area contributed by atoms with Crippen LogP contribution in [0.15, 0.2) is 48.7 Å². The maximum atomic E-state index is 12.6. The minimum absolute atomic E-state index is 0.343. The number of pyridine rings is 1. The maximum absolute atomic E-state index is 12.6. The van der Waals surface area contributed by atoms with Crippen LogP contribution in [-0.2, 0) is 6.18 Å². The van der Waals surface area contributed by atoms with Gasteiger partial charge in [-0.15, -0.1) is 0 Å². The molecule has 1 aromatic heterocycles. The third kappa shape index (κ3) is 3.94. The number of piperidine rings is 1. The average molecular weight is 321 g/mol. The summed E-state index contributed by atoms with van der Waals surface area (Å²) in [4.78, 5) is 6.37. The Hall–Kier alpha value is -2.24. The average Bonchev–Trinajstić information content (AvgIpc) is 2.56. The molecule has 3 rings (SSSR count). The van der Waals surface area contributed by atoms with Gasteiger partial charge >= 0.3 is 6.18 Å². The summed E-state index contributed by atoms with van der Waals surface area (Å²) in [6.07, 6.45) is -0.674. The van der Waals surface area contributed by atoms with Crippen LogP contribution in [0.1, 0.15) is 18.4 Å². The van der Waals surface area contributed by atoms with Gasteiger partial charge in [-0.1, -0.05) is 6.07 Å². The van der Waals surface area contributed by atoms with Crippen molar-refractivity contribution in [1.82, 2.24) is 4.98 Å². The summed E-state index contributed by atoms with van der Waals surface area (Å²) in [6.45, 7) is 1.63. The molecule has 1 saturated heterocycles. The molecule has 3 nitrogen and oxygen atoms in total. The lowest BCUT2D eigenvalue weighted by atomic mass is 10.0. The van der Waals surface area contributed by atoms with E-state index >= 15 is 0 Å². The number of hydrogen-bond acceptors (Lipinski definition) is 3. The van der Waals surface area contributed by atoms with Gasteiger partial charge in [0, 0.05) is 31.0 Å². The Labute approximate surface area is 133 Å². The minimum atomic E-state index is -4.28. The number of aromatic nitrogens is 1. The molecule has 0 unspecified atom stereocenters. The number of halogens is 3. The summed E-state index contributed by atoms with van der Waals surface area (Å²) in [7, 11) is 0. The third-order valence-corrected chi connectivity index (χ3v) is 4.07. The van der Waals surface area contributed by atoms with Crippen molar-refractivity contribution in [1.29, 1.82) is 0 Å². The van der Waals surface area contributed by atoms with E-state index in [-0.39, 0.29) is 0 Å². The van der Waals surface area contributed by atoms with Crippen molar-refractivity contribution in [3.8, 4) is 0 Å². The molecule has 0 spiro atoms. The Kier molecular flexibility index (Phi) is 4.41. The van der Waals surface area contributed by atoms with Gasteiger partial charge in [0.25, 0.3) is 0 Å². The molecule has 0 atom stereocenters. The van der Waals surface area contributed by atoms with Gasteiger partial charge in [-0.2, -0.15) is 13.2 Å². The van der Waals surface area contributed by atoms with Crippen molar-refractivity contribution < 1.29 is 13.2 Å². The molecule has 0 aliphatic carbocycles. The zero-order valence-electron chi connectivity index (χ0n) is 12.6. The van der Waals surface area contributed by atoms with Crippen molar-refractivity contribution in [3.05, 3.63) is 54.2 Å². The van der Waals surface area contributed by atoms with Crippen molar-refractivity contribution in [2.45, 2.75) is 25.1 Å². The Balaban J connectivity index is 1.56. The zero-order chi connectivity index (χ0) is 16.3. The summed E-state index contributed by atoms with van der Waals surface area (Å²) in [5.74, 6) is 0.862. The molecule has 0 amide bonds. The van der Waals surface area contributed by atoms with E-state index in [1.807, 2.05) is 18.2 Å². The Bertz CT molecular complexity index is 618. The quantitative estimate of drug-likeness (QED) is 0.919. The predicted molar refractivity (Wildman–Crippen MR) is 84.5 cm³/mol. The number of benzene rings is 1. The van der Waals surface area contributed by atoms with E-state index in [1.165, 1.54) is 0 Å². The van der Waals surface area contributed by atoms with Gasteiger partial charge in [-0.25, -0.2) is 4.98 Å². The molecule has 0 saturated carbocycles. The highest BCUT2D eigenvalue weighted by Gasteiger charge is 2.30. The van der Waals surface area contributed by atoms with Crippen LogP contribution in [0.3, 0.4) is 0 Å². The lowest BCUT2D eigenvalue weighted by Crippen LogP contribution is -2.39. The van der Waals surface area contributed by atoms with Crippen LogP contribution in [0.5, 0.6) is 0 Å². The van der Waals surface area contributed by atoms with Gasteiger partial charge in [0.15, 0.2) is 0 Å². The van der Waals surface area contributed by atoms with Crippen molar-refractivity contribution in [2.24, 2.45) is 0 Å². The second-order valence-corrected chi connectivity index (χ2v) is 5.67. The van der Waals surface area contributed by atoms with Crippen LogP contribution in [-0.4, -0.2) is 24.1 Å². The van der Waals surface area contributed by atoms with Gasteiger partial charge in [0.2, 0.25) is 0 Å². The molecule has 2 aromatic rings. The topological polar surface area (TPSA) is 28.2 Å². The smallest absolute Gasteiger partial charge is 0.371 e. The number of nitrogens with zero attached hydrogens (tertiary/aromatic N) is 2. The predicted octanol–water partition coefficient (Wildman–Crippen LogP) is 4.18. The lowest BCUT2D eigenvalue weighted by Gasteiger charge is -2.34. The van der Waals surface area contributed by atoms with E-state index in [9.17, 15) is 13.2 Å². The molecule has 1 aliphatic heterocycles. The summed E-state index contributed by atoms with van der Waals surface area (Å²) >= 11 is 0. The van der Waals surface area contributed by atoms with Gasteiger partial charge in [0.05, 0.1) is 5.56 Å². The summed E-state index contributed by atoms with van der Waals surface area (Å²) in [5.41, 5.74) is 0.238. The highest BCUT2D eigenvalue weighted by atomic mass is 19.4. The summed E-state index contributed by atoms with van der Waals surface area (Å²) in [6, 6.07) is 11.5. The zero-order valence-corrected chi connectivity index (χ0v) is 12.6. The Morgan fingerprint density at radius 3 is 2.26 bits per heavy atom. The largest absolute Gasteiger partial charge is 0.416 e. The third-order valence-electron chi connectivity index (χ3n) is 4.07. The van der Waals surface area contributed by atoms with Crippen LogP contribution in [0.4, 0.5) is 24.7 Å². The van der Waals surface area contributed by atoms with Crippen molar-refractivity contribution >= 4 is 11.5 Å². The second kappa shape index (κ2) is 6.48. The SMILES string of the molecule is FC(F)(F)c1ccc(N2CCC(Nc3ccccn3)CC2)cc1. The fraction of sp³-hybridized carbons (Fsp3) is 0.353. The molecule has 1 N–H and O–H groups in total. The van der Waals surface area contributed by atoms with E-state index in [0.717, 1.165) is 49.6 Å². The molecular weight excluding hydrogens is 303 g/mol. The van der Waals surface area contributed by atoms with E-state index in [0.29, 0.717) is 6.04 Å². The van der Waals surface area contributed by atoms with E-state index in [2.05, 4.69) is 15.2 Å². The van der Waals surface area contributed by atoms with Crippen LogP contribution in [0.2, 0.25) is 0 Å². The summed E-state index contributed by atoms with van der Waals surface area (Å²) < 4.78 is 37.8. The minimum Gasteiger partial charge on any atom is -0.371 e. The molecule has 1 aromatic carbocycles. The van der Waals surface area contributed by atoms with Crippen molar-refractivity contribution in [2.75, 3.05) is 23.3 Å². The molecule has 1 aliphatic rings. The molecule has 2 heterocycles. The molecule has 0 radical (unpaired) electrons. The maximum Gasteiger partial charge on any atom is 0.416 e. The fourth-order valence-electron chi connectivity index (χ4n) is 2.80. The Morgan fingerprint density at radius 2 is 1.70 bits per heavy atom. The van der Waals surface area contributed by atoms with Gasteiger partial charge < -0.3 is 10.2 Å². The van der Waals surface area contributed by atoms with Gasteiger partial charge in [-0.05, 0) is 49.2 Å². The van der Waals surface area contributed by atoms with Gasteiger partial charge in [0.1, 0.15) is 5.82 Å². The highest BCUT2D eigenvalue weighted by molar-refractivity contribution is 5.48. The van der Waals surface area contributed by atoms with E-state index in [4.69, 9.17) is 0 Å². The highest BCUT2D eigenvalue weighted by Crippen LogP contribution is 2.31. The molecule has 6 heteroatoms. The van der Waals surface area contributed by atoms with Crippen molar-refractivity contribution in [3.63, 3.8) is 0 Å². The molecular formula is C17H18F3N3. The lowest BCUT2D eigenvalue weighted by molar-refractivity contribution is -0.137.